The molecule has 1 aliphatic rings. The van der Waals surface area contributed by atoms with Crippen molar-refractivity contribution in [3.05, 3.63) is 23.5 Å². The highest BCUT2D eigenvalue weighted by atomic mass is 19.1. The van der Waals surface area contributed by atoms with Crippen molar-refractivity contribution in [1.82, 2.24) is 4.90 Å². The van der Waals surface area contributed by atoms with E-state index in [1.165, 1.54) is 4.90 Å². The van der Waals surface area contributed by atoms with Crippen molar-refractivity contribution >= 4 is 23.3 Å². The highest BCUT2D eigenvalue weighted by Gasteiger charge is 2.33. The fourth-order valence-electron chi connectivity index (χ4n) is 2.60. The first-order chi connectivity index (χ1) is 9.82. The van der Waals surface area contributed by atoms with Crippen molar-refractivity contribution in [2.45, 2.75) is 18.9 Å². The van der Waals surface area contributed by atoms with Gasteiger partial charge < -0.3 is 20.6 Å². The van der Waals surface area contributed by atoms with E-state index in [1.807, 2.05) is 0 Å². The van der Waals surface area contributed by atoms with Crippen molar-refractivity contribution in [1.29, 1.82) is 0 Å². The molecule has 6 nitrogen and oxygen atoms in total. The summed E-state index contributed by atoms with van der Waals surface area (Å²) in [5.74, 6) is -2.29. The molecule has 2 rings (SSSR count). The summed E-state index contributed by atoms with van der Waals surface area (Å²) in [6.07, 6.45) is 1.46. The Bertz CT molecular complexity index is 589. The first-order valence-corrected chi connectivity index (χ1v) is 6.63. The zero-order chi connectivity index (χ0) is 15.7. The van der Waals surface area contributed by atoms with E-state index in [9.17, 15) is 14.0 Å². The Morgan fingerprint density at radius 1 is 1.43 bits per heavy atom. The third-order valence-corrected chi connectivity index (χ3v) is 3.63. The maximum absolute atomic E-state index is 13.9. The van der Waals surface area contributed by atoms with Gasteiger partial charge in [-0.3, -0.25) is 4.79 Å². The molecule has 0 radical (unpaired) electrons. The SMILES string of the molecule is CN(C)C(=O)C1CCCN1c1cc(F)c(C(=O)O)cc1N. The minimum atomic E-state index is -1.37. The number of nitrogens with two attached hydrogens (primary N) is 1. The fourth-order valence-corrected chi connectivity index (χ4v) is 2.60. The van der Waals surface area contributed by atoms with Gasteiger partial charge in [-0.1, -0.05) is 0 Å². The van der Waals surface area contributed by atoms with Crippen LogP contribution in [0.15, 0.2) is 12.1 Å². The summed E-state index contributed by atoms with van der Waals surface area (Å²) in [6, 6.07) is 1.81. The lowest BCUT2D eigenvalue weighted by Gasteiger charge is -2.29. The molecule has 0 saturated carbocycles. The molecule has 1 aromatic rings. The van der Waals surface area contributed by atoms with Crippen LogP contribution in [-0.4, -0.2) is 48.6 Å². The number of halogens is 1. The number of hydrogen-bond donors (Lipinski definition) is 2. The van der Waals surface area contributed by atoms with Crippen LogP contribution < -0.4 is 10.6 Å². The maximum atomic E-state index is 13.9. The van der Waals surface area contributed by atoms with Gasteiger partial charge in [0.2, 0.25) is 5.91 Å². The van der Waals surface area contributed by atoms with Crippen LogP contribution in [0.25, 0.3) is 0 Å². The summed E-state index contributed by atoms with van der Waals surface area (Å²) in [5, 5.41) is 8.89. The number of benzene rings is 1. The Hall–Kier alpha value is -2.31. The van der Waals surface area contributed by atoms with Gasteiger partial charge in [0.05, 0.1) is 16.9 Å². The lowest BCUT2D eigenvalue weighted by Crippen LogP contribution is -2.43. The van der Waals surface area contributed by atoms with Crippen LogP contribution in [0.5, 0.6) is 0 Å². The number of carbonyl (C=O) groups excluding carboxylic acids is 1. The summed E-state index contributed by atoms with van der Waals surface area (Å²) < 4.78 is 13.9. The Morgan fingerprint density at radius 3 is 2.67 bits per heavy atom. The number of carboxylic acid groups (broad SMARTS) is 1. The van der Waals surface area contributed by atoms with Gasteiger partial charge in [0, 0.05) is 26.7 Å². The fraction of sp³-hybridized carbons (Fsp3) is 0.429. The molecule has 3 N–H and O–H groups in total. The largest absolute Gasteiger partial charge is 0.478 e. The molecule has 1 heterocycles. The van der Waals surface area contributed by atoms with E-state index < -0.39 is 23.4 Å². The number of aromatic carboxylic acids is 1. The minimum absolute atomic E-state index is 0.0744. The second kappa shape index (κ2) is 5.59. The van der Waals surface area contributed by atoms with Crippen LogP contribution in [0.4, 0.5) is 15.8 Å². The highest BCUT2D eigenvalue weighted by Crippen LogP contribution is 2.33. The molecule has 1 atom stereocenters. The van der Waals surface area contributed by atoms with Gasteiger partial charge in [-0.2, -0.15) is 0 Å². The molecule has 1 unspecified atom stereocenters. The molecule has 7 heteroatoms. The predicted molar refractivity (Wildman–Crippen MR) is 76.8 cm³/mol. The first-order valence-electron chi connectivity index (χ1n) is 6.63. The smallest absolute Gasteiger partial charge is 0.338 e. The predicted octanol–water partition coefficient (Wildman–Crippen LogP) is 1.16. The Morgan fingerprint density at radius 2 is 2.10 bits per heavy atom. The van der Waals surface area contributed by atoms with Gasteiger partial charge in [-0.05, 0) is 18.9 Å². The number of rotatable bonds is 3. The van der Waals surface area contributed by atoms with Gasteiger partial charge in [-0.25, -0.2) is 9.18 Å². The van der Waals surface area contributed by atoms with Gasteiger partial charge in [0.25, 0.3) is 0 Å². The molecular weight excluding hydrogens is 277 g/mol. The van der Waals surface area contributed by atoms with Crippen molar-refractivity contribution in [2.24, 2.45) is 0 Å². The molecule has 1 aromatic carbocycles. The Kier molecular flexibility index (Phi) is 4.02. The monoisotopic (exact) mass is 295 g/mol. The molecule has 1 fully saturated rings. The molecule has 1 amide bonds. The summed E-state index contributed by atoms with van der Waals surface area (Å²) in [7, 11) is 3.33. The molecular formula is C14H18FN3O3. The third-order valence-electron chi connectivity index (χ3n) is 3.63. The van der Waals surface area contributed by atoms with Crippen LogP contribution in [-0.2, 0) is 4.79 Å². The van der Waals surface area contributed by atoms with Crippen LogP contribution >= 0.6 is 0 Å². The topological polar surface area (TPSA) is 86.9 Å². The van der Waals surface area contributed by atoms with Crippen molar-refractivity contribution < 1.29 is 19.1 Å². The zero-order valence-electron chi connectivity index (χ0n) is 12.0. The number of amides is 1. The maximum Gasteiger partial charge on any atom is 0.338 e. The number of nitrogens with zero attached hydrogens (tertiary/aromatic N) is 2. The Balaban J connectivity index is 2.39. The van der Waals surface area contributed by atoms with Gasteiger partial charge in [0.1, 0.15) is 11.9 Å². The summed E-state index contributed by atoms with van der Waals surface area (Å²) >= 11 is 0. The number of anilines is 2. The lowest BCUT2D eigenvalue weighted by atomic mass is 10.1. The summed E-state index contributed by atoms with van der Waals surface area (Å²) in [6.45, 7) is 0.584. The zero-order valence-corrected chi connectivity index (χ0v) is 12.0. The standard InChI is InChI=1S/C14H18FN3O3/c1-17(2)13(19)11-4-3-5-18(11)12-7-9(15)8(14(20)21)6-10(12)16/h6-7,11H,3-5,16H2,1-2H3,(H,20,21). The van der Waals surface area contributed by atoms with Crippen LogP contribution in [0.1, 0.15) is 23.2 Å². The molecule has 0 aromatic heterocycles. The lowest BCUT2D eigenvalue weighted by molar-refractivity contribution is -0.129. The van der Waals surface area contributed by atoms with Crippen LogP contribution in [0, 0.1) is 5.82 Å². The quantitative estimate of drug-likeness (QED) is 0.817. The molecule has 21 heavy (non-hydrogen) atoms. The third kappa shape index (κ3) is 2.76. The number of hydrogen-bond acceptors (Lipinski definition) is 4. The Labute approximate surface area is 121 Å². The normalized spacial score (nSPS) is 17.9. The van der Waals surface area contributed by atoms with E-state index in [0.717, 1.165) is 18.6 Å². The minimum Gasteiger partial charge on any atom is -0.478 e. The molecule has 1 saturated heterocycles. The van der Waals surface area contributed by atoms with Gasteiger partial charge in [0.15, 0.2) is 0 Å². The van der Waals surface area contributed by atoms with Crippen molar-refractivity contribution in [3.8, 4) is 0 Å². The van der Waals surface area contributed by atoms with Gasteiger partial charge in [-0.15, -0.1) is 0 Å². The molecule has 1 aliphatic heterocycles. The average molecular weight is 295 g/mol. The van der Waals surface area contributed by atoms with E-state index in [-0.39, 0.29) is 11.6 Å². The van der Waals surface area contributed by atoms with Crippen LogP contribution in [0.3, 0.4) is 0 Å². The van der Waals surface area contributed by atoms with E-state index >= 15 is 0 Å². The number of likely N-dealkylation sites (N-methyl/N-ethyl adjacent to an activating group) is 1. The molecule has 0 bridgehead atoms. The number of carboxylic acids is 1. The number of carbonyl (C=O) groups is 2. The second-order valence-corrected chi connectivity index (χ2v) is 5.28. The highest BCUT2D eigenvalue weighted by molar-refractivity contribution is 5.92. The van der Waals surface area contributed by atoms with Gasteiger partial charge >= 0.3 is 5.97 Å². The van der Waals surface area contributed by atoms with E-state index in [0.29, 0.717) is 18.7 Å². The average Bonchev–Trinajstić information content (AvgIpc) is 2.88. The number of nitrogen functional groups attached to an aromatic ring is 1. The van der Waals surface area contributed by atoms with Crippen LogP contribution in [0.2, 0.25) is 0 Å². The van der Waals surface area contributed by atoms with E-state index in [2.05, 4.69) is 0 Å². The van der Waals surface area contributed by atoms with Crippen molar-refractivity contribution in [3.63, 3.8) is 0 Å². The first kappa shape index (κ1) is 15.1. The second-order valence-electron chi connectivity index (χ2n) is 5.28. The summed E-state index contributed by atoms with van der Waals surface area (Å²) in [4.78, 5) is 26.3. The summed E-state index contributed by atoms with van der Waals surface area (Å²) in [5.41, 5.74) is 5.91. The van der Waals surface area contributed by atoms with E-state index in [4.69, 9.17) is 10.8 Å². The molecule has 0 spiro atoms. The molecule has 114 valence electrons. The molecule has 0 aliphatic carbocycles. The van der Waals surface area contributed by atoms with Crippen molar-refractivity contribution in [2.75, 3.05) is 31.3 Å². The van der Waals surface area contributed by atoms with E-state index in [1.54, 1.807) is 19.0 Å².